The van der Waals surface area contributed by atoms with E-state index in [9.17, 15) is 4.79 Å². The van der Waals surface area contributed by atoms with E-state index in [1.165, 1.54) is 0 Å². The zero-order chi connectivity index (χ0) is 17.3. The lowest BCUT2D eigenvalue weighted by Crippen LogP contribution is -2.11. The van der Waals surface area contributed by atoms with Gasteiger partial charge in [0, 0.05) is 10.6 Å². The molecule has 0 unspecified atom stereocenters. The fraction of sp³-hybridized carbons (Fsp3) is 0.235. The van der Waals surface area contributed by atoms with Crippen molar-refractivity contribution in [2.45, 2.75) is 26.9 Å². The summed E-state index contributed by atoms with van der Waals surface area (Å²) < 4.78 is 5.22. The van der Waals surface area contributed by atoms with Crippen LogP contribution in [0.25, 0.3) is 10.2 Å². The van der Waals surface area contributed by atoms with E-state index in [4.69, 9.17) is 16.3 Å². The Hall–Kier alpha value is -2.18. The van der Waals surface area contributed by atoms with Crippen molar-refractivity contribution >= 4 is 50.6 Å². The van der Waals surface area contributed by atoms with E-state index < -0.39 is 0 Å². The number of hydrogen-bond donors (Lipinski definition) is 1. The van der Waals surface area contributed by atoms with Gasteiger partial charge < -0.3 is 10.1 Å². The summed E-state index contributed by atoms with van der Waals surface area (Å²) in [4.78, 5) is 22.5. The number of carbonyl (C=O) groups excluding carboxylic acids is 1. The molecule has 0 aliphatic rings. The van der Waals surface area contributed by atoms with Gasteiger partial charge >= 0.3 is 5.97 Å². The molecule has 24 heavy (non-hydrogen) atoms. The average Bonchev–Trinajstić information content (AvgIpc) is 2.87. The molecular formula is C17H16ClN3O2S. The quantitative estimate of drug-likeness (QED) is 0.525. The number of nitrogens with one attached hydrogen (secondary N) is 1. The molecule has 0 radical (unpaired) electrons. The molecular weight excluding hydrogens is 346 g/mol. The van der Waals surface area contributed by atoms with Crippen molar-refractivity contribution in [3.63, 3.8) is 0 Å². The van der Waals surface area contributed by atoms with E-state index in [0.717, 1.165) is 20.8 Å². The van der Waals surface area contributed by atoms with E-state index in [1.807, 2.05) is 32.9 Å². The highest BCUT2D eigenvalue weighted by molar-refractivity contribution is 7.18. The molecule has 0 saturated heterocycles. The van der Waals surface area contributed by atoms with Crippen LogP contribution in [0.1, 0.15) is 29.1 Å². The van der Waals surface area contributed by atoms with Crippen LogP contribution in [0, 0.1) is 6.92 Å². The van der Waals surface area contributed by atoms with Gasteiger partial charge in [0.1, 0.15) is 10.6 Å². The predicted molar refractivity (Wildman–Crippen MR) is 97.4 cm³/mol. The lowest BCUT2D eigenvalue weighted by Gasteiger charge is -2.10. The first-order valence-corrected chi connectivity index (χ1v) is 8.63. The molecule has 0 atom stereocenters. The molecule has 0 saturated carbocycles. The monoisotopic (exact) mass is 361 g/mol. The molecule has 1 N–H and O–H groups in total. The van der Waals surface area contributed by atoms with Crippen molar-refractivity contribution in [3.05, 3.63) is 46.1 Å². The van der Waals surface area contributed by atoms with Gasteiger partial charge in [-0.2, -0.15) is 4.98 Å². The summed E-state index contributed by atoms with van der Waals surface area (Å²) in [5.41, 5.74) is 1.21. The first-order chi connectivity index (χ1) is 11.4. The lowest BCUT2D eigenvalue weighted by atomic mass is 10.2. The van der Waals surface area contributed by atoms with Crippen LogP contribution < -0.4 is 5.32 Å². The van der Waals surface area contributed by atoms with Crippen LogP contribution in [-0.4, -0.2) is 22.0 Å². The summed E-state index contributed by atoms with van der Waals surface area (Å²) in [6.07, 6.45) is -0.164. The number of halogens is 1. The number of rotatable bonds is 4. The summed E-state index contributed by atoms with van der Waals surface area (Å²) in [5, 5.41) is 4.30. The first-order valence-electron chi connectivity index (χ1n) is 7.44. The number of nitrogens with zero attached hydrogens (tertiary/aromatic N) is 2. The lowest BCUT2D eigenvalue weighted by molar-refractivity contribution is 0.0378. The molecule has 0 spiro atoms. The third-order valence-corrected chi connectivity index (χ3v) is 4.31. The van der Waals surface area contributed by atoms with Crippen LogP contribution in [-0.2, 0) is 4.74 Å². The second-order valence-corrected chi connectivity index (χ2v) is 7.15. The molecule has 0 aliphatic carbocycles. The minimum absolute atomic E-state index is 0.164. The summed E-state index contributed by atoms with van der Waals surface area (Å²) in [6.45, 7) is 5.64. The number of esters is 1. The van der Waals surface area contributed by atoms with Crippen LogP contribution in [0.3, 0.4) is 0 Å². The van der Waals surface area contributed by atoms with E-state index >= 15 is 0 Å². The van der Waals surface area contributed by atoms with Crippen molar-refractivity contribution in [3.8, 4) is 0 Å². The van der Waals surface area contributed by atoms with Gasteiger partial charge in [0.05, 0.1) is 17.1 Å². The Kier molecular flexibility index (Phi) is 4.69. The molecule has 2 aromatic heterocycles. The second-order valence-electron chi connectivity index (χ2n) is 5.58. The molecule has 0 bridgehead atoms. The van der Waals surface area contributed by atoms with E-state index in [2.05, 4.69) is 15.3 Å². The Balaban J connectivity index is 1.93. The molecule has 3 rings (SSSR count). The van der Waals surface area contributed by atoms with Crippen molar-refractivity contribution in [1.82, 2.24) is 9.97 Å². The number of anilines is 2. The van der Waals surface area contributed by atoms with Crippen molar-refractivity contribution in [1.29, 1.82) is 0 Å². The molecule has 0 aliphatic heterocycles. The fourth-order valence-corrected chi connectivity index (χ4v) is 3.35. The van der Waals surface area contributed by atoms with Crippen LogP contribution in [0.5, 0.6) is 0 Å². The normalized spacial score (nSPS) is 11.0. The van der Waals surface area contributed by atoms with Crippen molar-refractivity contribution < 1.29 is 9.53 Å². The molecule has 3 aromatic rings. The third-order valence-electron chi connectivity index (χ3n) is 3.19. The molecule has 124 valence electrons. The maximum atomic E-state index is 12.0. The van der Waals surface area contributed by atoms with E-state index in [0.29, 0.717) is 11.4 Å². The Bertz CT molecular complexity index is 908. The largest absolute Gasteiger partial charge is 0.459 e. The standard InChI is InChI=1S/C17H16ClN3O2S/c1-9(2)23-16(22)11-5-4-6-12(8-11)19-14-13-7-10(3)24-15(13)21-17(18)20-14/h4-9H,1-3H3,(H,19,20,21). The molecule has 5 nitrogen and oxygen atoms in total. The van der Waals surface area contributed by atoms with Gasteiger partial charge in [-0.1, -0.05) is 6.07 Å². The number of aromatic nitrogens is 2. The minimum Gasteiger partial charge on any atom is -0.459 e. The smallest absolute Gasteiger partial charge is 0.338 e. The molecule has 2 heterocycles. The average molecular weight is 362 g/mol. The highest BCUT2D eigenvalue weighted by Crippen LogP contribution is 2.31. The summed E-state index contributed by atoms with van der Waals surface area (Å²) in [7, 11) is 0. The summed E-state index contributed by atoms with van der Waals surface area (Å²) in [5.74, 6) is 0.259. The van der Waals surface area contributed by atoms with Gasteiger partial charge in [0.25, 0.3) is 0 Å². The number of carbonyl (C=O) groups is 1. The molecule has 0 amide bonds. The first kappa shape index (κ1) is 16.7. The second kappa shape index (κ2) is 6.75. The Morgan fingerprint density at radius 1 is 1.29 bits per heavy atom. The number of benzene rings is 1. The highest BCUT2D eigenvalue weighted by atomic mass is 35.5. The zero-order valence-corrected chi connectivity index (χ0v) is 15.0. The van der Waals surface area contributed by atoms with Crippen LogP contribution in [0.15, 0.2) is 30.3 Å². The van der Waals surface area contributed by atoms with E-state index in [-0.39, 0.29) is 17.4 Å². The Morgan fingerprint density at radius 3 is 2.83 bits per heavy atom. The number of fused-ring (bicyclic) bond motifs is 1. The minimum atomic E-state index is -0.356. The maximum absolute atomic E-state index is 12.0. The molecule has 0 fully saturated rings. The van der Waals surface area contributed by atoms with Gasteiger partial charge in [-0.05, 0) is 56.6 Å². The predicted octanol–water partition coefficient (Wildman–Crippen LogP) is 4.96. The summed E-state index contributed by atoms with van der Waals surface area (Å²) in [6, 6.07) is 9.10. The van der Waals surface area contributed by atoms with Gasteiger partial charge in [-0.15, -0.1) is 11.3 Å². The number of aryl methyl sites for hydroxylation is 1. The van der Waals surface area contributed by atoms with Gasteiger partial charge in [-0.25, -0.2) is 9.78 Å². The Morgan fingerprint density at radius 2 is 2.08 bits per heavy atom. The molecule has 7 heteroatoms. The topological polar surface area (TPSA) is 64.1 Å². The Labute approximate surface area is 148 Å². The third kappa shape index (κ3) is 3.66. The number of thiophene rings is 1. The maximum Gasteiger partial charge on any atom is 0.338 e. The number of hydrogen-bond acceptors (Lipinski definition) is 6. The van der Waals surface area contributed by atoms with Crippen molar-refractivity contribution in [2.75, 3.05) is 5.32 Å². The van der Waals surface area contributed by atoms with Crippen molar-refractivity contribution in [2.24, 2.45) is 0 Å². The zero-order valence-electron chi connectivity index (χ0n) is 13.5. The SMILES string of the molecule is Cc1cc2c(Nc3cccc(C(=O)OC(C)C)c3)nc(Cl)nc2s1. The highest BCUT2D eigenvalue weighted by Gasteiger charge is 2.12. The fourth-order valence-electron chi connectivity index (χ4n) is 2.25. The van der Waals surface area contributed by atoms with Crippen LogP contribution in [0.2, 0.25) is 5.28 Å². The number of ether oxygens (including phenoxy) is 1. The van der Waals surface area contributed by atoms with Crippen LogP contribution >= 0.6 is 22.9 Å². The van der Waals surface area contributed by atoms with Gasteiger partial charge in [-0.3, -0.25) is 0 Å². The van der Waals surface area contributed by atoms with Gasteiger partial charge in [0.15, 0.2) is 0 Å². The van der Waals surface area contributed by atoms with Crippen LogP contribution in [0.4, 0.5) is 11.5 Å². The summed E-state index contributed by atoms with van der Waals surface area (Å²) >= 11 is 7.56. The molecule has 1 aromatic carbocycles. The van der Waals surface area contributed by atoms with Gasteiger partial charge in [0.2, 0.25) is 5.28 Å². The van der Waals surface area contributed by atoms with E-state index in [1.54, 1.807) is 29.5 Å².